The second-order valence-corrected chi connectivity index (χ2v) is 5.49. The third kappa shape index (κ3) is 5.39. The highest BCUT2D eigenvalue weighted by Crippen LogP contribution is 2.26. The van der Waals surface area contributed by atoms with Crippen molar-refractivity contribution in [1.82, 2.24) is 5.43 Å². The number of ether oxygens (including phenoxy) is 2. The Hall–Kier alpha value is -2.73. The van der Waals surface area contributed by atoms with Gasteiger partial charge in [-0.05, 0) is 54.4 Å². The van der Waals surface area contributed by atoms with E-state index in [1.165, 1.54) is 12.3 Å². The number of halogens is 1. The molecule has 0 aromatic heterocycles. The van der Waals surface area contributed by atoms with Crippen LogP contribution in [0.5, 0.6) is 17.2 Å². The normalized spacial score (nSPS) is 10.7. The first-order valence-electron chi connectivity index (χ1n) is 7.63. The molecule has 0 radical (unpaired) electrons. The Labute approximate surface area is 151 Å². The molecule has 7 heteroatoms. The second kappa shape index (κ2) is 8.94. The third-order valence-electron chi connectivity index (χ3n) is 3.29. The van der Waals surface area contributed by atoms with Crippen molar-refractivity contribution in [2.75, 3.05) is 13.7 Å². The zero-order valence-electron chi connectivity index (χ0n) is 14.0. The molecule has 0 saturated carbocycles. The van der Waals surface area contributed by atoms with Crippen LogP contribution in [0.3, 0.4) is 0 Å². The molecule has 2 aromatic rings. The Kier molecular flexibility index (Phi) is 6.65. The summed E-state index contributed by atoms with van der Waals surface area (Å²) >= 11 is 6.08. The van der Waals surface area contributed by atoms with Crippen LogP contribution in [0, 0.1) is 0 Å². The third-order valence-corrected chi connectivity index (χ3v) is 3.66. The van der Waals surface area contributed by atoms with Gasteiger partial charge in [0.1, 0.15) is 5.75 Å². The molecule has 1 amide bonds. The molecule has 0 unspecified atom stereocenters. The molecule has 0 bridgehead atoms. The fourth-order valence-electron chi connectivity index (χ4n) is 2.09. The smallest absolute Gasteiger partial charge is 0.244 e. The lowest BCUT2D eigenvalue weighted by Gasteiger charge is -2.07. The summed E-state index contributed by atoms with van der Waals surface area (Å²) in [6, 6.07) is 9.91. The van der Waals surface area contributed by atoms with Crippen molar-refractivity contribution in [1.29, 1.82) is 0 Å². The van der Waals surface area contributed by atoms with Crippen molar-refractivity contribution in [3.63, 3.8) is 0 Å². The van der Waals surface area contributed by atoms with Gasteiger partial charge in [-0.1, -0.05) is 11.6 Å². The Morgan fingerprint density at radius 2 is 2.12 bits per heavy atom. The number of benzene rings is 2. The highest BCUT2D eigenvalue weighted by atomic mass is 35.5. The van der Waals surface area contributed by atoms with Crippen molar-refractivity contribution < 1.29 is 19.4 Å². The molecule has 2 aromatic carbocycles. The summed E-state index contributed by atoms with van der Waals surface area (Å²) in [5.74, 6) is 0.732. The largest absolute Gasteiger partial charge is 0.504 e. The van der Waals surface area contributed by atoms with Gasteiger partial charge in [-0.25, -0.2) is 5.43 Å². The van der Waals surface area contributed by atoms with Gasteiger partial charge in [0.15, 0.2) is 11.5 Å². The SMILES string of the molecule is CCOc1cc(/C=N/NC(=O)Cc2cc(OC)ccc2Cl)ccc1O. The summed E-state index contributed by atoms with van der Waals surface area (Å²) in [5.41, 5.74) is 3.77. The number of methoxy groups -OCH3 is 1. The van der Waals surface area contributed by atoms with E-state index in [1.54, 1.807) is 37.4 Å². The molecule has 0 fully saturated rings. The van der Waals surface area contributed by atoms with Gasteiger partial charge in [-0.3, -0.25) is 4.79 Å². The molecule has 6 nitrogen and oxygen atoms in total. The number of hydrazone groups is 1. The minimum Gasteiger partial charge on any atom is -0.504 e. The first-order valence-corrected chi connectivity index (χ1v) is 8.01. The highest BCUT2D eigenvalue weighted by Gasteiger charge is 2.08. The van der Waals surface area contributed by atoms with Crippen LogP contribution in [0.4, 0.5) is 0 Å². The number of phenolic OH excluding ortho intramolecular Hbond substituents is 1. The molecule has 0 aliphatic heterocycles. The molecule has 25 heavy (non-hydrogen) atoms. The van der Waals surface area contributed by atoms with Gasteiger partial charge in [0.05, 0.1) is 26.4 Å². The van der Waals surface area contributed by atoms with Gasteiger partial charge in [0, 0.05) is 5.02 Å². The molecule has 2 N–H and O–H groups in total. The predicted octanol–water partition coefficient (Wildman–Crippen LogP) is 3.15. The Morgan fingerprint density at radius 3 is 2.84 bits per heavy atom. The first-order chi connectivity index (χ1) is 12.0. The highest BCUT2D eigenvalue weighted by molar-refractivity contribution is 6.31. The van der Waals surface area contributed by atoms with Crippen molar-refractivity contribution in [2.24, 2.45) is 5.10 Å². The number of aromatic hydroxyl groups is 1. The maximum atomic E-state index is 12.0. The zero-order valence-corrected chi connectivity index (χ0v) is 14.7. The number of nitrogens with one attached hydrogen (secondary N) is 1. The minimum absolute atomic E-state index is 0.0516. The van der Waals surface area contributed by atoms with E-state index in [0.717, 1.165) is 0 Å². The summed E-state index contributed by atoms with van der Waals surface area (Å²) in [4.78, 5) is 12.0. The van der Waals surface area contributed by atoms with Crippen LogP contribution in [0.2, 0.25) is 5.02 Å². The lowest BCUT2D eigenvalue weighted by Crippen LogP contribution is -2.20. The molecule has 0 atom stereocenters. The topological polar surface area (TPSA) is 80.2 Å². The number of carbonyl (C=O) groups is 1. The number of rotatable bonds is 7. The van der Waals surface area contributed by atoms with E-state index in [9.17, 15) is 9.90 Å². The van der Waals surface area contributed by atoms with Gasteiger partial charge in [0.2, 0.25) is 5.91 Å². The van der Waals surface area contributed by atoms with Crippen molar-refractivity contribution in [3.8, 4) is 17.2 Å². The lowest BCUT2D eigenvalue weighted by atomic mass is 10.1. The van der Waals surface area contributed by atoms with Crippen LogP contribution in [-0.4, -0.2) is 30.9 Å². The van der Waals surface area contributed by atoms with E-state index in [1.807, 2.05) is 6.92 Å². The van der Waals surface area contributed by atoms with E-state index in [0.29, 0.717) is 34.3 Å². The van der Waals surface area contributed by atoms with Gasteiger partial charge >= 0.3 is 0 Å². The maximum Gasteiger partial charge on any atom is 0.244 e. The summed E-state index contributed by atoms with van der Waals surface area (Å²) < 4.78 is 10.4. The lowest BCUT2D eigenvalue weighted by molar-refractivity contribution is -0.120. The summed E-state index contributed by atoms with van der Waals surface area (Å²) in [5, 5.41) is 14.0. The molecule has 2 rings (SSSR count). The molecule has 0 aliphatic carbocycles. The van der Waals surface area contributed by atoms with Crippen molar-refractivity contribution in [3.05, 3.63) is 52.5 Å². The van der Waals surface area contributed by atoms with Crippen LogP contribution < -0.4 is 14.9 Å². The molecular weight excluding hydrogens is 344 g/mol. The van der Waals surface area contributed by atoms with Crippen molar-refractivity contribution in [2.45, 2.75) is 13.3 Å². The van der Waals surface area contributed by atoms with Crippen molar-refractivity contribution >= 4 is 23.7 Å². The number of carbonyl (C=O) groups excluding carboxylic acids is 1. The fourth-order valence-corrected chi connectivity index (χ4v) is 2.27. The minimum atomic E-state index is -0.310. The summed E-state index contributed by atoms with van der Waals surface area (Å²) in [6.07, 6.45) is 1.54. The van der Waals surface area contributed by atoms with E-state index in [-0.39, 0.29) is 18.1 Å². The van der Waals surface area contributed by atoms with Crippen LogP contribution in [0.25, 0.3) is 0 Å². The predicted molar refractivity (Wildman–Crippen MR) is 96.7 cm³/mol. The van der Waals surface area contributed by atoms with Gasteiger partial charge in [-0.2, -0.15) is 5.10 Å². The average Bonchev–Trinajstić information content (AvgIpc) is 2.60. The number of phenols is 1. The van der Waals surface area contributed by atoms with Gasteiger partial charge < -0.3 is 14.6 Å². The van der Waals surface area contributed by atoms with E-state index < -0.39 is 0 Å². The number of hydrogen-bond acceptors (Lipinski definition) is 5. The van der Waals surface area contributed by atoms with Crippen LogP contribution in [0.15, 0.2) is 41.5 Å². The molecule has 0 saturated heterocycles. The number of hydrogen-bond donors (Lipinski definition) is 2. The Morgan fingerprint density at radius 1 is 1.32 bits per heavy atom. The monoisotopic (exact) mass is 362 g/mol. The van der Waals surface area contributed by atoms with E-state index in [2.05, 4.69) is 10.5 Å². The Bertz CT molecular complexity index is 778. The fraction of sp³-hybridized carbons (Fsp3) is 0.222. The maximum absolute atomic E-state index is 12.0. The standard InChI is InChI=1S/C18H19ClN2O4/c1-3-25-17-8-12(4-7-16(17)22)11-20-21-18(23)10-13-9-14(24-2)5-6-15(13)19/h4-9,11,22H,3,10H2,1-2H3,(H,21,23)/b20-11+. The average molecular weight is 363 g/mol. The van der Waals surface area contributed by atoms with Gasteiger partial charge in [-0.15, -0.1) is 0 Å². The van der Waals surface area contributed by atoms with Crippen LogP contribution >= 0.6 is 11.6 Å². The molecule has 0 heterocycles. The molecular formula is C18H19ClN2O4. The second-order valence-electron chi connectivity index (χ2n) is 5.09. The van der Waals surface area contributed by atoms with Crippen LogP contribution in [-0.2, 0) is 11.2 Å². The molecule has 0 spiro atoms. The summed E-state index contributed by atoms with van der Waals surface area (Å²) in [6.45, 7) is 2.26. The Balaban J connectivity index is 1.98. The number of nitrogens with zero attached hydrogens (tertiary/aromatic N) is 1. The molecule has 132 valence electrons. The zero-order chi connectivity index (χ0) is 18.2. The number of amides is 1. The quantitative estimate of drug-likeness (QED) is 0.585. The summed E-state index contributed by atoms with van der Waals surface area (Å²) in [7, 11) is 1.55. The van der Waals surface area contributed by atoms with E-state index in [4.69, 9.17) is 21.1 Å². The first kappa shape index (κ1) is 18.6. The van der Waals surface area contributed by atoms with Gasteiger partial charge in [0.25, 0.3) is 0 Å². The molecule has 0 aliphatic rings. The van der Waals surface area contributed by atoms with Crippen LogP contribution in [0.1, 0.15) is 18.1 Å². The van der Waals surface area contributed by atoms with E-state index >= 15 is 0 Å².